The molecular formula is C42H41Cl2N3O4. The lowest BCUT2D eigenvalue weighted by atomic mass is 10.1. The molecule has 1 fully saturated rings. The largest absolute Gasteiger partial charge is 0.493 e. The summed E-state index contributed by atoms with van der Waals surface area (Å²) in [5, 5.41) is 1.14. The van der Waals surface area contributed by atoms with Crippen LogP contribution in [0.1, 0.15) is 33.4 Å². The zero-order valence-electron chi connectivity index (χ0n) is 28.9. The Labute approximate surface area is 310 Å². The van der Waals surface area contributed by atoms with Gasteiger partial charge in [-0.05, 0) is 72.5 Å². The van der Waals surface area contributed by atoms with Crippen LogP contribution in [-0.4, -0.2) is 53.5 Å². The fraction of sp³-hybridized carbons (Fsp3) is 0.238. The lowest BCUT2D eigenvalue weighted by Gasteiger charge is -2.34. The number of pyridine rings is 1. The second kappa shape index (κ2) is 17.4. The molecule has 0 atom stereocenters. The molecule has 1 aliphatic heterocycles. The van der Waals surface area contributed by atoms with Gasteiger partial charge in [0, 0.05) is 67.9 Å². The van der Waals surface area contributed by atoms with Crippen LogP contribution in [0.2, 0.25) is 10.0 Å². The van der Waals surface area contributed by atoms with Crippen molar-refractivity contribution < 1.29 is 19.0 Å². The standard InChI is InChI=1S/C42H41Cl2N3O4/c1-30-7-14-36(15-8-30)49-24-19-32-9-11-33(12-10-32)28-46-20-22-47(23-21-46)42(48)18-13-34-25-31(2)40(26-39(34)44)51-41-17-16-37(27-45-41)50-29-35-5-3-4-6-38(35)43/h3-18,25-27H,19-24,28-29H2,1-2H3/b18-13+. The molecule has 0 radical (unpaired) electrons. The number of hydrogen-bond donors (Lipinski definition) is 0. The van der Waals surface area contributed by atoms with Gasteiger partial charge in [-0.2, -0.15) is 0 Å². The van der Waals surface area contributed by atoms with Crippen molar-refractivity contribution in [1.82, 2.24) is 14.8 Å². The van der Waals surface area contributed by atoms with Gasteiger partial charge in [0.25, 0.3) is 0 Å². The van der Waals surface area contributed by atoms with Crippen LogP contribution in [-0.2, 0) is 24.4 Å². The van der Waals surface area contributed by atoms with Crippen LogP contribution in [0.4, 0.5) is 0 Å². The summed E-state index contributed by atoms with van der Waals surface area (Å²) in [6.07, 6.45) is 5.83. The van der Waals surface area contributed by atoms with Crippen LogP contribution in [0.25, 0.3) is 6.08 Å². The monoisotopic (exact) mass is 721 g/mol. The SMILES string of the molecule is Cc1ccc(OCCc2ccc(CN3CCN(C(=O)/C=C/c4cc(C)c(Oc5ccc(OCc6ccccc6Cl)cn5)cc4Cl)CC3)cc2)cc1. The van der Waals surface area contributed by atoms with Gasteiger partial charge in [-0.1, -0.05) is 83.4 Å². The summed E-state index contributed by atoms with van der Waals surface area (Å²) in [6.45, 7) is 8.84. The Morgan fingerprint density at radius 2 is 1.53 bits per heavy atom. The van der Waals surface area contributed by atoms with E-state index in [4.69, 9.17) is 37.4 Å². The molecule has 1 saturated heterocycles. The highest BCUT2D eigenvalue weighted by molar-refractivity contribution is 6.32. The first-order valence-electron chi connectivity index (χ1n) is 17.1. The summed E-state index contributed by atoms with van der Waals surface area (Å²) < 4.78 is 17.7. The summed E-state index contributed by atoms with van der Waals surface area (Å²) in [4.78, 5) is 21.7. The molecular weight excluding hydrogens is 681 g/mol. The first kappa shape index (κ1) is 36.0. The fourth-order valence-electron chi connectivity index (χ4n) is 5.71. The first-order valence-corrected chi connectivity index (χ1v) is 17.8. The van der Waals surface area contributed by atoms with E-state index in [1.165, 1.54) is 16.7 Å². The Bertz CT molecular complexity index is 1940. The van der Waals surface area contributed by atoms with E-state index >= 15 is 0 Å². The van der Waals surface area contributed by atoms with E-state index in [9.17, 15) is 4.79 Å². The number of rotatable bonds is 13. The third kappa shape index (κ3) is 10.4. The number of carbonyl (C=O) groups is 1. The van der Waals surface area contributed by atoms with Crippen molar-refractivity contribution in [3.05, 3.63) is 153 Å². The number of ether oxygens (including phenoxy) is 3. The maximum Gasteiger partial charge on any atom is 0.246 e. The molecule has 262 valence electrons. The van der Waals surface area contributed by atoms with E-state index in [-0.39, 0.29) is 5.91 Å². The third-order valence-electron chi connectivity index (χ3n) is 8.77. The molecule has 4 aromatic carbocycles. The van der Waals surface area contributed by atoms with Gasteiger partial charge in [0.15, 0.2) is 0 Å². The second-order valence-electron chi connectivity index (χ2n) is 12.6. The predicted octanol–water partition coefficient (Wildman–Crippen LogP) is 9.36. The van der Waals surface area contributed by atoms with E-state index in [1.54, 1.807) is 36.5 Å². The van der Waals surface area contributed by atoms with Crippen LogP contribution in [0.15, 0.2) is 109 Å². The quantitative estimate of drug-likeness (QED) is 0.113. The Morgan fingerprint density at radius 1 is 0.804 bits per heavy atom. The minimum atomic E-state index is -0.0260. The number of carbonyl (C=O) groups excluding carboxylic acids is 1. The zero-order chi connectivity index (χ0) is 35.6. The molecule has 7 nitrogen and oxygen atoms in total. The Hall–Kier alpha value is -4.82. The average Bonchev–Trinajstić information content (AvgIpc) is 3.14. The number of aryl methyl sites for hydroxylation is 2. The van der Waals surface area contributed by atoms with E-state index in [1.807, 2.05) is 54.3 Å². The van der Waals surface area contributed by atoms with E-state index < -0.39 is 0 Å². The molecule has 0 N–H and O–H groups in total. The molecule has 1 aromatic heterocycles. The summed E-state index contributed by atoms with van der Waals surface area (Å²) in [5.74, 6) is 2.47. The van der Waals surface area contributed by atoms with Gasteiger partial charge in [-0.3, -0.25) is 9.69 Å². The molecule has 0 saturated carbocycles. The highest BCUT2D eigenvalue weighted by Gasteiger charge is 2.20. The third-order valence-corrected chi connectivity index (χ3v) is 9.47. The lowest BCUT2D eigenvalue weighted by molar-refractivity contribution is -0.127. The molecule has 0 spiro atoms. The van der Waals surface area contributed by atoms with Crippen LogP contribution in [0, 0.1) is 13.8 Å². The number of hydrogen-bond acceptors (Lipinski definition) is 6. The van der Waals surface area contributed by atoms with Crippen molar-refractivity contribution in [3.8, 4) is 23.1 Å². The number of halogens is 2. The van der Waals surface area contributed by atoms with Crippen molar-refractivity contribution in [3.63, 3.8) is 0 Å². The van der Waals surface area contributed by atoms with Gasteiger partial charge in [0.1, 0.15) is 23.9 Å². The number of benzene rings is 4. The Morgan fingerprint density at radius 3 is 2.25 bits per heavy atom. The van der Waals surface area contributed by atoms with Gasteiger partial charge >= 0.3 is 0 Å². The van der Waals surface area contributed by atoms with Gasteiger partial charge in [-0.15, -0.1) is 0 Å². The van der Waals surface area contributed by atoms with Gasteiger partial charge in [0.2, 0.25) is 11.8 Å². The Balaban J connectivity index is 0.936. The molecule has 0 aliphatic carbocycles. The van der Waals surface area contributed by atoms with Crippen molar-refractivity contribution in [2.75, 3.05) is 32.8 Å². The molecule has 6 rings (SSSR count). The number of piperazine rings is 1. The molecule has 0 unspecified atom stereocenters. The van der Waals surface area contributed by atoms with Crippen molar-refractivity contribution in [2.24, 2.45) is 0 Å². The summed E-state index contributed by atoms with van der Waals surface area (Å²) in [5.41, 5.74) is 6.25. The van der Waals surface area contributed by atoms with Crippen molar-refractivity contribution in [1.29, 1.82) is 0 Å². The number of amides is 1. The highest BCUT2D eigenvalue weighted by atomic mass is 35.5. The molecule has 5 aromatic rings. The zero-order valence-corrected chi connectivity index (χ0v) is 30.4. The number of nitrogens with zero attached hydrogens (tertiary/aromatic N) is 3. The predicted molar refractivity (Wildman–Crippen MR) is 204 cm³/mol. The summed E-state index contributed by atoms with van der Waals surface area (Å²) in [7, 11) is 0. The van der Waals surface area contributed by atoms with Crippen LogP contribution in [0.3, 0.4) is 0 Å². The van der Waals surface area contributed by atoms with Crippen LogP contribution >= 0.6 is 23.2 Å². The summed E-state index contributed by atoms with van der Waals surface area (Å²) in [6, 6.07) is 31.6. The number of aromatic nitrogens is 1. The molecule has 1 amide bonds. The van der Waals surface area contributed by atoms with E-state index in [2.05, 4.69) is 53.2 Å². The molecule has 0 bridgehead atoms. The van der Waals surface area contributed by atoms with Crippen LogP contribution < -0.4 is 14.2 Å². The molecule has 51 heavy (non-hydrogen) atoms. The van der Waals surface area contributed by atoms with Crippen molar-refractivity contribution >= 4 is 35.2 Å². The normalized spacial score (nSPS) is 13.4. The van der Waals surface area contributed by atoms with Gasteiger partial charge < -0.3 is 19.1 Å². The van der Waals surface area contributed by atoms with Crippen molar-refractivity contribution in [2.45, 2.75) is 33.4 Å². The minimum absolute atomic E-state index is 0.0260. The maximum atomic E-state index is 13.1. The lowest BCUT2D eigenvalue weighted by Crippen LogP contribution is -2.47. The first-order chi connectivity index (χ1) is 24.8. The molecule has 9 heteroatoms. The topological polar surface area (TPSA) is 64.1 Å². The fourth-order valence-corrected chi connectivity index (χ4v) is 6.12. The van der Waals surface area contributed by atoms with E-state index in [0.29, 0.717) is 53.7 Å². The molecule has 1 aliphatic rings. The highest BCUT2D eigenvalue weighted by Crippen LogP contribution is 2.31. The summed E-state index contributed by atoms with van der Waals surface area (Å²) >= 11 is 12.8. The smallest absolute Gasteiger partial charge is 0.246 e. The van der Waals surface area contributed by atoms with Crippen LogP contribution in [0.5, 0.6) is 23.1 Å². The maximum absolute atomic E-state index is 13.1. The minimum Gasteiger partial charge on any atom is -0.493 e. The van der Waals surface area contributed by atoms with Gasteiger partial charge in [-0.25, -0.2) is 4.98 Å². The molecule has 2 heterocycles. The average molecular weight is 723 g/mol. The van der Waals surface area contributed by atoms with E-state index in [0.717, 1.165) is 48.5 Å². The second-order valence-corrected chi connectivity index (χ2v) is 13.4. The Kier molecular flexibility index (Phi) is 12.3. The van der Waals surface area contributed by atoms with Gasteiger partial charge in [0.05, 0.1) is 17.8 Å².